The lowest BCUT2D eigenvalue weighted by atomic mass is 10.1. The van der Waals surface area contributed by atoms with Crippen LogP contribution in [0.15, 0.2) is 42.5 Å². The molecule has 0 saturated carbocycles. The third-order valence-corrected chi connectivity index (χ3v) is 3.37. The number of carbonyl (C=O) groups excluding carboxylic acids is 2. The minimum Gasteiger partial charge on any atom is -0.497 e. The van der Waals surface area contributed by atoms with Gasteiger partial charge in [0.25, 0.3) is 0 Å². The van der Waals surface area contributed by atoms with Gasteiger partial charge in [-0.2, -0.15) is 0 Å². The van der Waals surface area contributed by atoms with Crippen LogP contribution in [-0.2, 0) is 4.74 Å². The summed E-state index contributed by atoms with van der Waals surface area (Å²) in [5.74, 6) is 0.245. The van der Waals surface area contributed by atoms with Crippen molar-refractivity contribution >= 4 is 11.8 Å². The Hall–Kier alpha value is -3.02. The number of benzene rings is 2. The predicted octanol–water partition coefficient (Wildman–Crippen LogP) is 2.75. The molecule has 0 unspecified atom stereocenters. The quantitative estimate of drug-likeness (QED) is 0.574. The van der Waals surface area contributed by atoms with E-state index in [9.17, 15) is 9.59 Å². The zero-order valence-electron chi connectivity index (χ0n) is 13.7. The molecule has 0 heterocycles. The van der Waals surface area contributed by atoms with Crippen LogP contribution in [0.3, 0.4) is 0 Å². The smallest absolute Gasteiger partial charge is 0.342 e. The molecule has 2 rings (SSSR count). The molecular weight excluding hydrogens is 312 g/mol. The van der Waals surface area contributed by atoms with E-state index in [-0.39, 0.29) is 11.1 Å². The average Bonchev–Trinajstić information content (AvgIpc) is 2.65. The van der Waals surface area contributed by atoms with Crippen molar-refractivity contribution in [3.63, 3.8) is 0 Å². The van der Waals surface area contributed by atoms with Crippen molar-refractivity contribution in [2.24, 2.45) is 0 Å². The highest BCUT2D eigenvalue weighted by molar-refractivity contribution is 6.02. The molecule has 2 aromatic rings. The maximum Gasteiger partial charge on any atom is 0.342 e. The summed E-state index contributed by atoms with van der Waals surface area (Å²) in [6.45, 7) is -0.416. The van der Waals surface area contributed by atoms with E-state index >= 15 is 0 Å². The molecule has 0 atom stereocenters. The molecule has 24 heavy (non-hydrogen) atoms. The van der Waals surface area contributed by atoms with Crippen molar-refractivity contribution in [1.29, 1.82) is 0 Å². The van der Waals surface area contributed by atoms with E-state index in [2.05, 4.69) is 0 Å². The van der Waals surface area contributed by atoms with Crippen LogP contribution in [0.1, 0.15) is 20.7 Å². The van der Waals surface area contributed by atoms with Crippen LogP contribution >= 0.6 is 0 Å². The molecule has 0 radical (unpaired) electrons. The fourth-order valence-electron chi connectivity index (χ4n) is 2.13. The zero-order valence-corrected chi connectivity index (χ0v) is 13.7. The van der Waals surface area contributed by atoms with Crippen molar-refractivity contribution in [3.8, 4) is 17.2 Å². The molecule has 6 heteroatoms. The van der Waals surface area contributed by atoms with Gasteiger partial charge in [0.1, 0.15) is 22.8 Å². The summed E-state index contributed by atoms with van der Waals surface area (Å²) in [6, 6.07) is 11.5. The Kier molecular flexibility index (Phi) is 5.78. The lowest BCUT2D eigenvalue weighted by molar-refractivity contribution is 0.0470. The monoisotopic (exact) mass is 330 g/mol. The fraction of sp³-hybridized carbons (Fsp3) is 0.222. The van der Waals surface area contributed by atoms with Crippen LogP contribution < -0.4 is 14.2 Å². The summed E-state index contributed by atoms with van der Waals surface area (Å²) in [6.07, 6.45) is 0. The molecule has 0 amide bonds. The van der Waals surface area contributed by atoms with E-state index in [0.29, 0.717) is 17.2 Å². The highest BCUT2D eigenvalue weighted by Gasteiger charge is 2.18. The molecule has 0 aliphatic carbocycles. The second-order valence-corrected chi connectivity index (χ2v) is 4.77. The summed E-state index contributed by atoms with van der Waals surface area (Å²) >= 11 is 0. The van der Waals surface area contributed by atoms with Gasteiger partial charge in [-0.05, 0) is 30.3 Å². The van der Waals surface area contributed by atoms with Gasteiger partial charge in [-0.15, -0.1) is 0 Å². The predicted molar refractivity (Wildman–Crippen MR) is 87.2 cm³/mol. The molecule has 6 nitrogen and oxygen atoms in total. The van der Waals surface area contributed by atoms with E-state index in [0.717, 1.165) is 0 Å². The first-order chi connectivity index (χ1) is 11.6. The molecule has 0 bridgehead atoms. The van der Waals surface area contributed by atoms with Crippen LogP contribution in [0, 0.1) is 0 Å². The van der Waals surface area contributed by atoms with E-state index < -0.39 is 18.4 Å². The minimum absolute atomic E-state index is 0.255. The van der Waals surface area contributed by atoms with Gasteiger partial charge in [0.2, 0.25) is 5.78 Å². The van der Waals surface area contributed by atoms with Crippen LogP contribution in [0.5, 0.6) is 17.2 Å². The minimum atomic E-state index is -0.636. The number of hydrogen-bond acceptors (Lipinski definition) is 6. The Balaban J connectivity index is 2.12. The molecule has 0 aliphatic heterocycles. The van der Waals surface area contributed by atoms with E-state index in [1.54, 1.807) is 36.4 Å². The van der Waals surface area contributed by atoms with Gasteiger partial charge >= 0.3 is 5.97 Å². The normalized spacial score (nSPS) is 9.96. The van der Waals surface area contributed by atoms with Gasteiger partial charge < -0.3 is 18.9 Å². The second-order valence-electron chi connectivity index (χ2n) is 4.77. The SMILES string of the molecule is COc1ccc(OC)c(C(=O)COC(=O)c2ccccc2OC)c1. The first kappa shape index (κ1) is 17.3. The second kappa shape index (κ2) is 8.01. The van der Waals surface area contributed by atoms with Gasteiger partial charge in [0.15, 0.2) is 6.61 Å². The third-order valence-electron chi connectivity index (χ3n) is 3.37. The Morgan fingerprint density at radius 1 is 0.833 bits per heavy atom. The maximum atomic E-state index is 12.3. The summed E-state index contributed by atoms with van der Waals surface area (Å²) in [7, 11) is 4.41. The molecule has 0 aromatic heterocycles. The lowest BCUT2D eigenvalue weighted by Gasteiger charge is -2.11. The van der Waals surface area contributed by atoms with Crippen molar-refractivity contribution in [1.82, 2.24) is 0 Å². The first-order valence-electron chi connectivity index (χ1n) is 7.16. The summed E-state index contributed by atoms with van der Waals surface area (Å²) in [5.41, 5.74) is 0.537. The molecule has 0 N–H and O–H groups in total. The molecule has 0 aliphatic rings. The van der Waals surface area contributed by atoms with Crippen LogP contribution in [-0.4, -0.2) is 39.7 Å². The number of carbonyl (C=O) groups is 2. The number of ketones is 1. The van der Waals surface area contributed by atoms with Gasteiger partial charge in [-0.3, -0.25) is 4.79 Å². The highest BCUT2D eigenvalue weighted by atomic mass is 16.5. The van der Waals surface area contributed by atoms with Crippen molar-refractivity contribution < 1.29 is 28.5 Å². The standard InChI is InChI=1S/C18H18O6/c1-21-12-8-9-17(23-3)14(10-12)15(19)11-24-18(20)13-6-4-5-7-16(13)22-2/h4-10H,11H2,1-3H3. The van der Waals surface area contributed by atoms with Crippen LogP contribution in [0.4, 0.5) is 0 Å². The third kappa shape index (κ3) is 3.84. The van der Waals surface area contributed by atoms with Crippen molar-refractivity contribution in [2.75, 3.05) is 27.9 Å². The fourth-order valence-corrected chi connectivity index (χ4v) is 2.13. The van der Waals surface area contributed by atoms with Crippen LogP contribution in [0.25, 0.3) is 0 Å². The van der Waals surface area contributed by atoms with Crippen molar-refractivity contribution in [3.05, 3.63) is 53.6 Å². The van der Waals surface area contributed by atoms with Gasteiger partial charge in [0.05, 0.1) is 26.9 Å². The van der Waals surface area contributed by atoms with Gasteiger partial charge in [-0.25, -0.2) is 4.79 Å². The Morgan fingerprint density at radius 3 is 2.17 bits per heavy atom. The summed E-state index contributed by atoms with van der Waals surface area (Å²) in [5, 5.41) is 0. The van der Waals surface area contributed by atoms with E-state index in [4.69, 9.17) is 18.9 Å². The Labute approximate surface area is 139 Å². The first-order valence-corrected chi connectivity index (χ1v) is 7.16. The number of hydrogen-bond donors (Lipinski definition) is 0. The number of Topliss-reactive ketones (excluding diaryl/α,β-unsaturated/α-hetero) is 1. The number of ether oxygens (including phenoxy) is 4. The molecular formula is C18H18O6. The number of methoxy groups -OCH3 is 3. The molecule has 0 fully saturated rings. The number of rotatable bonds is 7. The number of esters is 1. The van der Waals surface area contributed by atoms with Gasteiger partial charge in [0, 0.05) is 0 Å². The van der Waals surface area contributed by atoms with Gasteiger partial charge in [-0.1, -0.05) is 12.1 Å². The molecule has 0 saturated heterocycles. The Morgan fingerprint density at radius 2 is 1.50 bits per heavy atom. The lowest BCUT2D eigenvalue weighted by Crippen LogP contribution is -2.15. The van der Waals surface area contributed by atoms with E-state index in [1.165, 1.54) is 27.4 Å². The largest absolute Gasteiger partial charge is 0.497 e. The van der Waals surface area contributed by atoms with Crippen molar-refractivity contribution in [2.45, 2.75) is 0 Å². The average molecular weight is 330 g/mol. The highest BCUT2D eigenvalue weighted by Crippen LogP contribution is 2.25. The summed E-state index contributed by atoms with van der Waals surface area (Å²) < 4.78 is 20.5. The van der Waals surface area contributed by atoms with E-state index in [1.807, 2.05) is 0 Å². The molecule has 126 valence electrons. The molecule has 2 aromatic carbocycles. The Bertz CT molecular complexity index is 738. The topological polar surface area (TPSA) is 71.1 Å². The molecule has 0 spiro atoms. The zero-order chi connectivity index (χ0) is 17.5. The maximum absolute atomic E-state index is 12.3. The summed E-state index contributed by atoms with van der Waals surface area (Å²) in [4.78, 5) is 24.5. The number of para-hydroxylation sites is 1. The van der Waals surface area contributed by atoms with Crippen LogP contribution in [0.2, 0.25) is 0 Å².